The van der Waals surface area contributed by atoms with Gasteiger partial charge >= 0.3 is 0 Å². The smallest absolute Gasteiger partial charge is 0.0991 e. The average molecular weight is 347 g/mol. The van der Waals surface area contributed by atoms with Crippen molar-refractivity contribution >= 4 is 51.3 Å². The molecule has 1 aromatic heterocycles. The van der Waals surface area contributed by atoms with E-state index >= 15 is 0 Å². The van der Waals surface area contributed by atoms with Gasteiger partial charge in [0.05, 0.1) is 28.4 Å². The van der Waals surface area contributed by atoms with Crippen molar-refractivity contribution in [1.29, 1.82) is 5.26 Å². The Bertz CT molecular complexity index is 1100. The molecule has 0 bridgehead atoms. The number of benzene rings is 3. The first kappa shape index (κ1) is 16.6. The van der Waals surface area contributed by atoms with E-state index in [0.29, 0.717) is 11.3 Å². The summed E-state index contributed by atoms with van der Waals surface area (Å²) < 4.78 is 0. The number of halogens is 1. The number of hydrogen-bond acceptors (Lipinski definition) is 4. The first-order valence-corrected chi connectivity index (χ1v) is 7.60. The van der Waals surface area contributed by atoms with Crippen LogP contribution in [-0.2, 0) is 0 Å². The van der Waals surface area contributed by atoms with Gasteiger partial charge in [-0.15, -0.1) is 12.4 Å². The van der Waals surface area contributed by atoms with Gasteiger partial charge in [-0.25, -0.2) is 4.98 Å². The lowest BCUT2D eigenvalue weighted by molar-refractivity contribution is 1.47. The van der Waals surface area contributed by atoms with Crippen LogP contribution in [0.25, 0.3) is 21.8 Å². The van der Waals surface area contributed by atoms with E-state index in [0.717, 1.165) is 33.2 Å². The van der Waals surface area contributed by atoms with Crippen LogP contribution in [0.1, 0.15) is 5.56 Å². The van der Waals surface area contributed by atoms with Crippen molar-refractivity contribution in [2.24, 2.45) is 0 Å². The molecule has 0 aliphatic heterocycles. The van der Waals surface area contributed by atoms with Crippen LogP contribution in [0.5, 0.6) is 0 Å². The molecule has 0 saturated heterocycles. The normalized spacial score (nSPS) is 10.2. The molecular formula is C20H15ClN4. The molecule has 5 heteroatoms. The van der Waals surface area contributed by atoms with Gasteiger partial charge in [-0.3, -0.25) is 0 Å². The third-order valence-corrected chi connectivity index (χ3v) is 3.99. The number of nitrogens with two attached hydrogens (primary N) is 1. The van der Waals surface area contributed by atoms with Crippen LogP contribution in [0.4, 0.5) is 17.1 Å². The summed E-state index contributed by atoms with van der Waals surface area (Å²) >= 11 is 0. The van der Waals surface area contributed by atoms with E-state index < -0.39 is 0 Å². The van der Waals surface area contributed by atoms with Crippen molar-refractivity contribution in [2.45, 2.75) is 0 Å². The fraction of sp³-hybridized carbons (Fsp3) is 0. The summed E-state index contributed by atoms with van der Waals surface area (Å²) in [6.07, 6.45) is 0. The van der Waals surface area contributed by atoms with Crippen molar-refractivity contribution in [3.63, 3.8) is 0 Å². The second-order valence-corrected chi connectivity index (χ2v) is 5.59. The quantitative estimate of drug-likeness (QED) is 0.395. The van der Waals surface area contributed by atoms with Crippen molar-refractivity contribution in [1.82, 2.24) is 4.98 Å². The maximum atomic E-state index is 8.94. The molecule has 4 aromatic rings. The zero-order valence-electron chi connectivity index (χ0n) is 13.2. The molecule has 3 N–H and O–H groups in total. The number of nitriles is 1. The van der Waals surface area contributed by atoms with E-state index in [1.165, 1.54) is 0 Å². The third kappa shape index (κ3) is 3.06. The number of anilines is 3. The summed E-state index contributed by atoms with van der Waals surface area (Å²) in [5.41, 5.74) is 10.9. The number of aromatic nitrogens is 1. The molecular weight excluding hydrogens is 332 g/mol. The molecule has 3 aromatic carbocycles. The predicted octanol–water partition coefficient (Wildman–Crippen LogP) is 5.01. The maximum Gasteiger partial charge on any atom is 0.0991 e. The topological polar surface area (TPSA) is 74.7 Å². The molecule has 0 amide bonds. The lowest BCUT2D eigenvalue weighted by Gasteiger charge is -2.13. The zero-order chi connectivity index (χ0) is 16.5. The van der Waals surface area contributed by atoms with Crippen molar-refractivity contribution in [3.05, 3.63) is 72.3 Å². The van der Waals surface area contributed by atoms with Gasteiger partial charge < -0.3 is 11.1 Å². The van der Waals surface area contributed by atoms with Crippen LogP contribution >= 0.6 is 12.4 Å². The summed E-state index contributed by atoms with van der Waals surface area (Å²) in [5.74, 6) is 0. The molecule has 0 saturated carbocycles. The standard InChI is InChI=1S/C20H14N4.ClH/c21-12-13-5-8-15(9-6-13)23-20-16-3-1-2-4-18(16)24-19-11-14(22)7-10-17(19)20;/h1-11H,22H2,(H,23,24);1H. The highest BCUT2D eigenvalue weighted by Crippen LogP contribution is 2.33. The highest BCUT2D eigenvalue weighted by molar-refractivity contribution is 6.09. The van der Waals surface area contributed by atoms with Crippen LogP contribution in [0.15, 0.2) is 66.7 Å². The van der Waals surface area contributed by atoms with E-state index in [-0.39, 0.29) is 12.4 Å². The predicted molar refractivity (Wildman–Crippen MR) is 105 cm³/mol. The third-order valence-electron chi connectivity index (χ3n) is 3.99. The number of rotatable bonds is 2. The molecule has 1 heterocycles. The van der Waals surface area contributed by atoms with Crippen LogP contribution in [0.3, 0.4) is 0 Å². The molecule has 0 radical (unpaired) electrons. The van der Waals surface area contributed by atoms with E-state index in [4.69, 9.17) is 16.0 Å². The summed E-state index contributed by atoms with van der Waals surface area (Å²) in [5, 5.41) is 14.5. The highest BCUT2D eigenvalue weighted by Gasteiger charge is 2.09. The molecule has 0 fully saturated rings. The Morgan fingerprint density at radius 1 is 0.880 bits per heavy atom. The maximum absolute atomic E-state index is 8.94. The molecule has 0 aliphatic rings. The fourth-order valence-electron chi connectivity index (χ4n) is 2.82. The minimum Gasteiger partial charge on any atom is -0.399 e. The summed E-state index contributed by atoms with van der Waals surface area (Å²) in [6.45, 7) is 0. The minimum absolute atomic E-state index is 0. The summed E-state index contributed by atoms with van der Waals surface area (Å²) in [6, 6.07) is 23.3. The van der Waals surface area contributed by atoms with E-state index in [9.17, 15) is 0 Å². The minimum atomic E-state index is 0. The number of hydrogen-bond donors (Lipinski definition) is 2. The monoisotopic (exact) mass is 346 g/mol. The second kappa shape index (κ2) is 6.68. The first-order chi connectivity index (χ1) is 11.7. The Morgan fingerprint density at radius 2 is 1.60 bits per heavy atom. The molecule has 122 valence electrons. The van der Waals surface area contributed by atoms with Gasteiger partial charge in [0.15, 0.2) is 0 Å². The molecule has 4 nitrogen and oxygen atoms in total. The highest BCUT2D eigenvalue weighted by atomic mass is 35.5. The van der Waals surface area contributed by atoms with E-state index in [1.807, 2.05) is 54.6 Å². The molecule has 0 spiro atoms. The van der Waals surface area contributed by atoms with Gasteiger partial charge in [0, 0.05) is 22.1 Å². The Morgan fingerprint density at radius 3 is 2.36 bits per heavy atom. The van der Waals surface area contributed by atoms with Crippen molar-refractivity contribution < 1.29 is 0 Å². The summed E-state index contributed by atoms with van der Waals surface area (Å²) in [7, 11) is 0. The van der Waals surface area contributed by atoms with Gasteiger partial charge in [0.2, 0.25) is 0 Å². The second-order valence-electron chi connectivity index (χ2n) is 5.59. The van der Waals surface area contributed by atoms with Gasteiger partial charge in [-0.2, -0.15) is 5.26 Å². The molecule has 0 atom stereocenters. The van der Waals surface area contributed by atoms with Crippen LogP contribution in [0.2, 0.25) is 0 Å². The first-order valence-electron chi connectivity index (χ1n) is 7.60. The van der Waals surface area contributed by atoms with Crippen LogP contribution in [0, 0.1) is 11.3 Å². The Kier molecular flexibility index (Phi) is 4.42. The largest absolute Gasteiger partial charge is 0.399 e. The lowest BCUT2D eigenvalue weighted by atomic mass is 10.1. The average Bonchev–Trinajstić information content (AvgIpc) is 2.62. The van der Waals surface area contributed by atoms with Gasteiger partial charge in [0.25, 0.3) is 0 Å². The summed E-state index contributed by atoms with van der Waals surface area (Å²) in [4.78, 5) is 4.71. The number of fused-ring (bicyclic) bond motifs is 2. The van der Waals surface area contributed by atoms with Gasteiger partial charge in [-0.1, -0.05) is 18.2 Å². The number of para-hydroxylation sites is 1. The number of nitrogens with zero attached hydrogens (tertiary/aromatic N) is 2. The SMILES string of the molecule is Cl.N#Cc1ccc(Nc2c3ccccc3nc3cc(N)ccc23)cc1. The molecule has 0 aliphatic carbocycles. The van der Waals surface area contributed by atoms with E-state index in [2.05, 4.69) is 11.4 Å². The Hall–Kier alpha value is -3.29. The van der Waals surface area contributed by atoms with Crippen LogP contribution < -0.4 is 11.1 Å². The fourth-order valence-corrected chi connectivity index (χ4v) is 2.82. The van der Waals surface area contributed by atoms with Crippen molar-refractivity contribution in [2.75, 3.05) is 11.1 Å². The number of pyridine rings is 1. The van der Waals surface area contributed by atoms with Crippen LogP contribution in [-0.4, -0.2) is 4.98 Å². The molecule has 4 rings (SSSR count). The number of nitrogens with one attached hydrogen (secondary N) is 1. The van der Waals surface area contributed by atoms with E-state index in [1.54, 1.807) is 12.1 Å². The molecule has 25 heavy (non-hydrogen) atoms. The van der Waals surface area contributed by atoms with Crippen molar-refractivity contribution in [3.8, 4) is 6.07 Å². The van der Waals surface area contributed by atoms with Gasteiger partial charge in [-0.05, 0) is 48.5 Å². The number of nitrogen functional groups attached to an aromatic ring is 1. The Balaban J connectivity index is 0.00000182. The zero-order valence-corrected chi connectivity index (χ0v) is 14.0. The lowest BCUT2D eigenvalue weighted by Crippen LogP contribution is -1.96. The molecule has 0 unspecified atom stereocenters. The Labute approximate surface area is 151 Å². The van der Waals surface area contributed by atoms with Gasteiger partial charge in [0.1, 0.15) is 0 Å².